The van der Waals surface area contributed by atoms with Gasteiger partial charge in [-0.2, -0.15) is 0 Å². The quantitative estimate of drug-likeness (QED) is 0.760. The number of aromatic amines is 2. The molecule has 0 aliphatic rings. The Morgan fingerprint density at radius 3 is 2.56 bits per heavy atom. The van der Waals surface area contributed by atoms with Crippen LogP contribution in [-0.2, 0) is 0 Å². The van der Waals surface area contributed by atoms with Crippen molar-refractivity contribution in [2.75, 3.05) is 7.05 Å². The lowest BCUT2D eigenvalue weighted by Crippen LogP contribution is -2.16. The third kappa shape index (κ3) is 2.82. The zero-order valence-electron chi connectivity index (χ0n) is 11.2. The van der Waals surface area contributed by atoms with E-state index >= 15 is 0 Å². The first-order valence-corrected chi connectivity index (χ1v) is 6.49. The Morgan fingerprint density at radius 1 is 1.17 bits per heavy atom. The molecule has 0 saturated carbocycles. The minimum absolute atomic E-state index is 0.148. The van der Waals surface area contributed by atoms with Crippen LogP contribution < -0.4 is 11.0 Å². The van der Waals surface area contributed by atoms with E-state index in [1.54, 1.807) is 0 Å². The van der Waals surface area contributed by atoms with Crippen molar-refractivity contribution in [2.45, 2.75) is 32.7 Å². The number of nitrogens with one attached hydrogen (secondary N) is 3. The molecule has 2 aromatic rings. The maximum absolute atomic E-state index is 11.2. The van der Waals surface area contributed by atoms with Crippen LogP contribution >= 0.6 is 0 Å². The first kappa shape index (κ1) is 12.9. The van der Waals surface area contributed by atoms with E-state index in [0.717, 1.165) is 17.5 Å². The third-order valence-corrected chi connectivity index (χ3v) is 3.32. The van der Waals surface area contributed by atoms with Gasteiger partial charge >= 0.3 is 5.69 Å². The number of rotatable bonds is 5. The fourth-order valence-corrected chi connectivity index (χ4v) is 2.24. The zero-order chi connectivity index (χ0) is 13.1. The van der Waals surface area contributed by atoms with Crippen LogP contribution in [0.4, 0.5) is 0 Å². The molecule has 0 radical (unpaired) electrons. The molecular weight excluding hydrogens is 226 g/mol. The molecule has 0 spiro atoms. The molecular formula is C14H21N3O. The summed E-state index contributed by atoms with van der Waals surface area (Å²) in [6.07, 6.45) is 2.29. The molecule has 0 aliphatic carbocycles. The summed E-state index contributed by atoms with van der Waals surface area (Å²) in [7, 11) is 1.98. The summed E-state index contributed by atoms with van der Waals surface area (Å²) in [4.78, 5) is 16.8. The highest BCUT2D eigenvalue weighted by atomic mass is 16.1. The predicted molar refractivity (Wildman–Crippen MR) is 74.8 cm³/mol. The second kappa shape index (κ2) is 5.40. The maximum atomic E-state index is 11.2. The van der Waals surface area contributed by atoms with Gasteiger partial charge in [0.2, 0.25) is 0 Å². The van der Waals surface area contributed by atoms with Crippen LogP contribution in [0.1, 0.15) is 38.3 Å². The number of hydrogen-bond acceptors (Lipinski definition) is 2. The van der Waals surface area contributed by atoms with Gasteiger partial charge in [-0.1, -0.05) is 19.9 Å². The molecule has 0 amide bonds. The van der Waals surface area contributed by atoms with Crippen LogP contribution in [0.5, 0.6) is 0 Å². The first-order valence-electron chi connectivity index (χ1n) is 6.49. The summed E-state index contributed by atoms with van der Waals surface area (Å²) < 4.78 is 0. The Balaban J connectivity index is 2.24. The summed E-state index contributed by atoms with van der Waals surface area (Å²) in [5.41, 5.74) is 2.82. The molecule has 0 saturated heterocycles. The van der Waals surface area contributed by atoms with Crippen molar-refractivity contribution in [1.29, 1.82) is 0 Å². The SMILES string of the molecule is CNC(CCC(C)C)c1ccc2[nH]c(=O)[nH]c2c1. The molecule has 0 bridgehead atoms. The van der Waals surface area contributed by atoms with Gasteiger partial charge in [-0.3, -0.25) is 0 Å². The minimum Gasteiger partial charge on any atom is -0.313 e. The lowest BCUT2D eigenvalue weighted by molar-refractivity contribution is 0.465. The van der Waals surface area contributed by atoms with E-state index < -0.39 is 0 Å². The zero-order valence-corrected chi connectivity index (χ0v) is 11.2. The Bertz CT molecular complexity index is 568. The molecule has 3 N–H and O–H groups in total. The molecule has 4 heteroatoms. The summed E-state index contributed by atoms with van der Waals surface area (Å²) in [5, 5.41) is 3.34. The van der Waals surface area contributed by atoms with Crippen molar-refractivity contribution >= 4 is 11.0 Å². The average molecular weight is 247 g/mol. The molecule has 18 heavy (non-hydrogen) atoms. The lowest BCUT2D eigenvalue weighted by Gasteiger charge is -2.17. The van der Waals surface area contributed by atoms with Crippen molar-refractivity contribution in [3.05, 3.63) is 34.2 Å². The van der Waals surface area contributed by atoms with Gasteiger partial charge < -0.3 is 15.3 Å². The van der Waals surface area contributed by atoms with Crippen LogP contribution in [0, 0.1) is 5.92 Å². The molecule has 1 unspecified atom stereocenters. The highest BCUT2D eigenvalue weighted by Crippen LogP contribution is 2.22. The number of hydrogen-bond donors (Lipinski definition) is 3. The van der Waals surface area contributed by atoms with E-state index in [9.17, 15) is 4.79 Å². The smallest absolute Gasteiger partial charge is 0.313 e. The van der Waals surface area contributed by atoms with E-state index in [-0.39, 0.29) is 5.69 Å². The molecule has 2 rings (SSSR count). The highest BCUT2D eigenvalue weighted by Gasteiger charge is 2.11. The Kier molecular flexibility index (Phi) is 3.87. The van der Waals surface area contributed by atoms with Gasteiger partial charge in [0.15, 0.2) is 0 Å². The summed E-state index contributed by atoms with van der Waals surface area (Å²) >= 11 is 0. The van der Waals surface area contributed by atoms with Crippen molar-refractivity contribution < 1.29 is 0 Å². The molecule has 4 nitrogen and oxygen atoms in total. The van der Waals surface area contributed by atoms with Gasteiger partial charge in [0, 0.05) is 6.04 Å². The van der Waals surface area contributed by atoms with Crippen LogP contribution in [-0.4, -0.2) is 17.0 Å². The van der Waals surface area contributed by atoms with Crippen molar-refractivity contribution in [1.82, 2.24) is 15.3 Å². The van der Waals surface area contributed by atoms with Crippen molar-refractivity contribution in [2.24, 2.45) is 5.92 Å². The summed E-state index contributed by atoms with van der Waals surface area (Å²) in [5.74, 6) is 0.705. The molecule has 98 valence electrons. The van der Waals surface area contributed by atoms with Crippen LogP contribution in [0.25, 0.3) is 11.0 Å². The Morgan fingerprint density at radius 2 is 1.89 bits per heavy atom. The van der Waals surface area contributed by atoms with Gasteiger partial charge in [-0.15, -0.1) is 0 Å². The lowest BCUT2D eigenvalue weighted by atomic mass is 9.97. The standard InChI is InChI=1S/C14H21N3O/c1-9(2)4-6-11(15-3)10-5-7-12-13(8-10)17-14(18)16-12/h5,7-9,11,15H,4,6H2,1-3H3,(H2,16,17,18). The van der Waals surface area contributed by atoms with Crippen molar-refractivity contribution in [3.8, 4) is 0 Å². The monoisotopic (exact) mass is 247 g/mol. The number of benzene rings is 1. The molecule has 1 aromatic heterocycles. The topological polar surface area (TPSA) is 60.7 Å². The second-order valence-electron chi connectivity index (χ2n) is 5.20. The van der Waals surface area contributed by atoms with Gasteiger partial charge in [0.05, 0.1) is 11.0 Å². The van der Waals surface area contributed by atoms with Crippen molar-refractivity contribution in [3.63, 3.8) is 0 Å². The summed E-state index contributed by atoms with van der Waals surface area (Å²) in [6, 6.07) is 6.43. The Labute approximate surface area is 107 Å². The molecule has 0 aliphatic heterocycles. The fraction of sp³-hybridized carbons (Fsp3) is 0.500. The number of fused-ring (bicyclic) bond motifs is 1. The highest BCUT2D eigenvalue weighted by molar-refractivity contribution is 5.75. The normalized spacial score (nSPS) is 13.3. The van der Waals surface area contributed by atoms with E-state index in [1.165, 1.54) is 12.0 Å². The van der Waals surface area contributed by atoms with Gasteiger partial charge in [0.25, 0.3) is 0 Å². The van der Waals surface area contributed by atoms with Gasteiger partial charge in [0.1, 0.15) is 0 Å². The average Bonchev–Trinajstić information content (AvgIpc) is 2.68. The van der Waals surface area contributed by atoms with Crippen LogP contribution in [0.2, 0.25) is 0 Å². The third-order valence-electron chi connectivity index (χ3n) is 3.32. The molecule has 1 aromatic carbocycles. The molecule has 1 heterocycles. The van der Waals surface area contributed by atoms with E-state index in [2.05, 4.69) is 41.3 Å². The van der Waals surface area contributed by atoms with E-state index in [1.807, 2.05) is 13.1 Å². The Hall–Kier alpha value is -1.55. The second-order valence-corrected chi connectivity index (χ2v) is 5.20. The first-order chi connectivity index (χ1) is 8.60. The maximum Gasteiger partial charge on any atom is 0.323 e. The van der Waals surface area contributed by atoms with Gasteiger partial charge in [-0.25, -0.2) is 4.79 Å². The molecule has 1 atom stereocenters. The summed E-state index contributed by atoms with van der Waals surface area (Å²) in [6.45, 7) is 4.47. The van der Waals surface area contributed by atoms with E-state index in [4.69, 9.17) is 0 Å². The number of H-pyrrole nitrogens is 2. The fourth-order valence-electron chi connectivity index (χ4n) is 2.24. The molecule has 0 fully saturated rings. The number of imidazole rings is 1. The van der Waals surface area contributed by atoms with E-state index in [0.29, 0.717) is 12.0 Å². The minimum atomic E-state index is -0.148. The van der Waals surface area contributed by atoms with Crippen LogP contribution in [0.15, 0.2) is 23.0 Å². The van der Waals surface area contributed by atoms with Crippen LogP contribution in [0.3, 0.4) is 0 Å². The predicted octanol–water partition coefficient (Wildman–Crippen LogP) is 2.55. The largest absolute Gasteiger partial charge is 0.323 e. The number of aromatic nitrogens is 2. The van der Waals surface area contributed by atoms with Gasteiger partial charge in [-0.05, 0) is 43.5 Å².